The third kappa shape index (κ3) is 4.47. The summed E-state index contributed by atoms with van der Waals surface area (Å²) in [5.41, 5.74) is 3.32. The van der Waals surface area contributed by atoms with Crippen LogP contribution in [0.2, 0.25) is 15.1 Å². The predicted octanol–water partition coefficient (Wildman–Crippen LogP) is 8.06. The highest BCUT2D eigenvalue weighted by molar-refractivity contribution is 6.42. The molecule has 0 amide bonds. The van der Waals surface area contributed by atoms with E-state index in [4.69, 9.17) is 39.5 Å². The summed E-state index contributed by atoms with van der Waals surface area (Å²) in [4.78, 5) is 0. The second-order valence-electron chi connectivity index (χ2n) is 11.1. The Labute approximate surface area is 200 Å². The van der Waals surface area contributed by atoms with Crippen molar-refractivity contribution >= 4 is 34.8 Å². The first-order valence-electron chi connectivity index (χ1n) is 11.3. The van der Waals surface area contributed by atoms with E-state index in [2.05, 4.69) is 19.2 Å². The number of rotatable bonds is 6. The maximum absolute atomic E-state index is 6.36. The highest BCUT2D eigenvalue weighted by Gasteiger charge is 2.59. The van der Waals surface area contributed by atoms with Gasteiger partial charge in [0.1, 0.15) is 12.4 Å². The molecule has 5 heteroatoms. The van der Waals surface area contributed by atoms with Gasteiger partial charge in [-0.3, -0.25) is 0 Å². The summed E-state index contributed by atoms with van der Waals surface area (Å²) in [6, 6.07) is 11.5. The molecule has 2 aromatic rings. The van der Waals surface area contributed by atoms with Gasteiger partial charge < -0.3 is 10.1 Å². The van der Waals surface area contributed by atoms with Crippen molar-refractivity contribution in [2.45, 2.75) is 71.1 Å². The zero-order valence-corrected chi connectivity index (χ0v) is 20.5. The molecule has 31 heavy (non-hydrogen) atoms. The normalized spacial score (nSPS) is 33.6. The summed E-state index contributed by atoms with van der Waals surface area (Å²) in [5, 5.41) is 5.84. The molecule has 166 valence electrons. The lowest BCUT2D eigenvalue weighted by molar-refractivity contribution is -0.118. The molecule has 4 atom stereocenters. The van der Waals surface area contributed by atoms with Crippen LogP contribution in [0.25, 0.3) is 0 Å². The van der Waals surface area contributed by atoms with Crippen molar-refractivity contribution in [3.05, 3.63) is 62.6 Å². The zero-order valence-electron chi connectivity index (χ0n) is 18.2. The van der Waals surface area contributed by atoms with Crippen LogP contribution in [0.4, 0.5) is 0 Å². The van der Waals surface area contributed by atoms with Crippen LogP contribution in [-0.4, -0.2) is 5.54 Å². The SMILES string of the molecule is C[C@]12CC3CC(NCc4cc(Cl)ccc4OCc4ccc(Cl)c(Cl)c4)(C1)C[C@@](C)(C3)C2. The second kappa shape index (κ2) is 7.83. The van der Waals surface area contributed by atoms with Gasteiger partial charge in [-0.05, 0) is 91.2 Å². The van der Waals surface area contributed by atoms with Crippen LogP contribution in [-0.2, 0) is 13.2 Å². The largest absolute Gasteiger partial charge is 0.489 e. The van der Waals surface area contributed by atoms with Crippen LogP contribution in [0, 0.1) is 16.7 Å². The molecule has 4 fully saturated rings. The molecule has 2 aromatic carbocycles. The molecule has 0 heterocycles. The van der Waals surface area contributed by atoms with Crippen LogP contribution in [0.3, 0.4) is 0 Å². The number of hydrogen-bond acceptors (Lipinski definition) is 2. The Hall–Kier alpha value is -0.930. The van der Waals surface area contributed by atoms with Crippen LogP contribution >= 0.6 is 34.8 Å². The van der Waals surface area contributed by atoms with Gasteiger partial charge in [-0.25, -0.2) is 0 Å². The van der Waals surface area contributed by atoms with Gasteiger partial charge in [-0.15, -0.1) is 0 Å². The summed E-state index contributed by atoms with van der Waals surface area (Å²) in [6.07, 6.45) is 8.06. The number of benzene rings is 2. The van der Waals surface area contributed by atoms with Crippen molar-refractivity contribution in [2.24, 2.45) is 16.7 Å². The molecule has 0 saturated heterocycles. The van der Waals surface area contributed by atoms with Crippen LogP contribution in [0.15, 0.2) is 36.4 Å². The van der Waals surface area contributed by atoms with E-state index in [1.165, 1.54) is 38.5 Å². The first-order chi connectivity index (χ1) is 14.6. The quantitative estimate of drug-likeness (QED) is 0.453. The molecule has 2 unspecified atom stereocenters. The molecule has 4 saturated carbocycles. The summed E-state index contributed by atoms with van der Waals surface area (Å²) >= 11 is 18.5. The fraction of sp³-hybridized carbons (Fsp3) is 0.538. The van der Waals surface area contributed by atoms with E-state index in [0.29, 0.717) is 27.5 Å². The monoisotopic (exact) mass is 477 g/mol. The van der Waals surface area contributed by atoms with Crippen molar-refractivity contribution in [3.8, 4) is 5.75 Å². The van der Waals surface area contributed by atoms with E-state index < -0.39 is 0 Å². The Morgan fingerprint density at radius 1 is 0.903 bits per heavy atom. The van der Waals surface area contributed by atoms with E-state index in [1.54, 1.807) is 6.07 Å². The van der Waals surface area contributed by atoms with Gasteiger partial charge in [0.2, 0.25) is 0 Å². The highest BCUT2D eigenvalue weighted by atomic mass is 35.5. The molecule has 4 aliphatic rings. The van der Waals surface area contributed by atoms with Crippen LogP contribution < -0.4 is 10.1 Å². The molecular weight excluding hydrogens is 449 g/mol. The van der Waals surface area contributed by atoms with Gasteiger partial charge in [0.15, 0.2) is 0 Å². The van der Waals surface area contributed by atoms with Gasteiger partial charge in [-0.2, -0.15) is 0 Å². The molecule has 0 aromatic heterocycles. The maximum Gasteiger partial charge on any atom is 0.124 e. The summed E-state index contributed by atoms with van der Waals surface area (Å²) in [5.74, 6) is 1.73. The van der Waals surface area contributed by atoms with Crippen LogP contribution in [0.1, 0.15) is 63.5 Å². The Bertz CT molecular complexity index is 988. The molecule has 4 bridgehead atoms. The van der Waals surface area contributed by atoms with Crippen molar-refractivity contribution in [2.75, 3.05) is 0 Å². The third-order valence-electron chi connectivity index (χ3n) is 7.68. The summed E-state index contributed by atoms with van der Waals surface area (Å²) in [7, 11) is 0. The molecule has 0 aliphatic heterocycles. The van der Waals surface area contributed by atoms with Crippen molar-refractivity contribution in [1.82, 2.24) is 5.32 Å². The van der Waals surface area contributed by atoms with E-state index in [1.807, 2.05) is 30.3 Å². The maximum atomic E-state index is 6.36. The molecule has 6 rings (SSSR count). The first kappa shape index (κ1) is 21.9. The minimum absolute atomic E-state index is 0.242. The topological polar surface area (TPSA) is 21.3 Å². The minimum atomic E-state index is 0.242. The minimum Gasteiger partial charge on any atom is -0.489 e. The molecule has 0 spiro atoms. The van der Waals surface area contributed by atoms with Gasteiger partial charge >= 0.3 is 0 Å². The van der Waals surface area contributed by atoms with E-state index >= 15 is 0 Å². The average molecular weight is 479 g/mol. The number of nitrogens with one attached hydrogen (secondary N) is 1. The molecule has 2 nitrogen and oxygen atoms in total. The van der Waals surface area contributed by atoms with E-state index in [-0.39, 0.29) is 5.54 Å². The zero-order chi connectivity index (χ0) is 21.9. The van der Waals surface area contributed by atoms with Crippen LogP contribution in [0.5, 0.6) is 5.75 Å². The Morgan fingerprint density at radius 2 is 1.65 bits per heavy atom. The lowest BCUT2D eigenvalue weighted by Crippen LogP contribution is -2.63. The van der Waals surface area contributed by atoms with Gasteiger partial charge in [0.25, 0.3) is 0 Å². The molecule has 1 N–H and O–H groups in total. The second-order valence-corrected chi connectivity index (χ2v) is 12.3. The highest BCUT2D eigenvalue weighted by Crippen LogP contribution is 2.66. The first-order valence-corrected chi connectivity index (χ1v) is 12.4. The van der Waals surface area contributed by atoms with Gasteiger partial charge in [0.05, 0.1) is 10.0 Å². The number of ether oxygens (including phenoxy) is 1. The lowest BCUT2D eigenvalue weighted by atomic mass is 9.43. The Kier molecular flexibility index (Phi) is 5.53. The van der Waals surface area contributed by atoms with E-state index in [0.717, 1.165) is 34.4 Å². The van der Waals surface area contributed by atoms with Crippen molar-refractivity contribution in [1.29, 1.82) is 0 Å². The van der Waals surface area contributed by atoms with Gasteiger partial charge in [-0.1, -0.05) is 54.7 Å². The van der Waals surface area contributed by atoms with E-state index in [9.17, 15) is 0 Å². The Balaban J connectivity index is 1.32. The fourth-order valence-electron chi connectivity index (χ4n) is 7.55. The molecular formula is C26H30Cl3NO. The standard InChI is InChI=1S/C26H30Cl3NO/c1-24-9-18-10-25(2,14-24)16-26(11-18,15-24)30-12-19-8-20(27)4-6-23(19)31-13-17-3-5-21(28)22(29)7-17/h3-8,18,30H,9-16H2,1-2H3/t18?,24-,25+,26?. The molecule has 4 aliphatic carbocycles. The smallest absolute Gasteiger partial charge is 0.124 e. The van der Waals surface area contributed by atoms with Gasteiger partial charge in [0, 0.05) is 22.7 Å². The predicted molar refractivity (Wildman–Crippen MR) is 129 cm³/mol. The molecule has 0 radical (unpaired) electrons. The summed E-state index contributed by atoms with van der Waals surface area (Å²) in [6.45, 7) is 6.24. The number of hydrogen-bond donors (Lipinski definition) is 1. The van der Waals surface area contributed by atoms with Crippen molar-refractivity contribution < 1.29 is 4.74 Å². The fourth-order valence-corrected chi connectivity index (χ4v) is 8.06. The lowest BCUT2D eigenvalue weighted by Gasteiger charge is -2.65. The average Bonchev–Trinajstić information content (AvgIpc) is 2.65. The summed E-state index contributed by atoms with van der Waals surface area (Å²) < 4.78 is 6.18. The van der Waals surface area contributed by atoms with Crippen molar-refractivity contribution in [3.63, 3.8) is 0 Å². The third-order valence-corrected chi connectivity index (χ3v) is 8.66. The Morgan fingerprint density at radius 3 is 2.32 bits per heavy atom. The number of halogens is 3.